The molecule has 8 aromatic carbocycles. The maximum absolute atomic E-state index is 6.60. The Bertz CT molecular complexity index is 3160. The maximum atomic E-state index is 6.60. The standard InChI is InChI=1S/C59H43N3O/c1-38-15-12-28-53-55(38)50-34-33-44(37-54(50)63-53)43-20-13-22-46(35-43)59(51-26-10-8-24-48(51)49-25-9-11-27-52(49)59)47-23-14-21-45(36-47)58-61-56(41-18-6-3-7-19-41)60-57(62-58)42-31-29-40(30-32-42)39-16-4-2-5-17-39/h2-14,16-38,53,55H,15H2,1H3. The smallest absolute Gasteiger partial charge is 0.164 e. The van der Waals surface area contributed by atoms with Crippen LogP contribution in [0.3, 0.4) is 0 Å². The monoisotopic (exact) mass is 809 g/mol. The molecule has 0 amide bonds. The highest BCUT2D eigenvalue weighted by Crippen LogP contribution is 2.57. The van der Waals surface area contributed by atoms with E-state index in [1.165, 1.54) is 38.9 Å². The van der Waals surface area contributed by atoms with Crippen LogP contribution in [0.4, 0.5) is 0 Å². The van der Waals surface area contributed by atoms with Gasteiger partial charge in [-0.25, -0.2) is 15.0 Å². The van der Waals surface area contributed by atoms with Gasteiger partial charge in [0.1, 0.15) is 11.9 Å². The Morgan fingerprint density at radius 1 is 0.444 bits per heavy atom. The van der Waals surface area contributed by atoms with E-state index in [2.05, 4.69) is 195 Å². The molecular weight excluding hydrogens is 767 g/mol. The van der Waals surface area contributed by atoms with Gasteiger partial charge in [0.05, 0.1) is 5.41 Å². The molecule has 0 bridgehead atoms. The van der Waals surface area contributed by atoms with Gasteiger partial charge in [0.15, 0.2) is 17.5 Å². The number of allylic oxidation sites excluding steroid dienone is 1. The van der Waals surface area contributed by atoms with Crippen LogP contribution in [0.15, 0.2) is 212 Å². The van der Waals surface area contributed by atoms with Crippen LogP contribution in [0.1, 0.15) is 47.1 Å². The van der Waals surface area contributed by atoms with E-state index in [0.717, 1.165) is 51.1 Å². The van der Waals surface area contributed by atoms with E-state index < -0.39 is 5.41 Å². The lowest BCUT2D eigenvalue weighted by Gasteiger charge is -2.34. The fourth-order valence-electron chi connectivity index (χ4n) is 10.5. The molecule has 0 fully saturated rings. The van der Waals surface area contributed by atoms with E-state index >= 15 is 0 Å². The van der Waals surface area contributed by atoms with Crippen molar-refractivity contribution in [1.82, 2.24) is 15.0 Å². The molecule has 2 aliphatic carbocycles. The molecule has 0 spiro atoms. The molecule has 3 atom stereocenters. The zero-order valence-corrected chi connectivity index (χ0v) is 34.9. The van der Waals surface area contributed by atoms with Gasteiger partial charge in [0, 0.05) is 28.2 Å². The van der Waals surface area contributed by atoms with Crippen molar-refractivity contribution in [3.05, 3.63) is 240 Å². The van der Waals surface area contributed by atoms with E-state index in [1.54, 1.807) is 0 Å². The number of benzene rings is 8. The molecule has 300 valence electrons. The minimum absolute atomic E-state index is 0.108. The summed E-state index contributed by atoms with van der Waals surface area (Å²) in [6.45, 7) is 2.34. The fourth-order valence-corrected chi connectivity index (χ4v) is 10.5. The van der Waals surface area contributed by atoms with E-state index in [-0.39, 0.29) is 6.10 Å². The van der Waals surface area contributed by atoms with E-state index in [4.69, 9.17) is 19.7 Å². The van der Waals surface area contributed by atoms with Crippen molar-refractivity contribution in [3.63, 3.8) is 0 Å². The Hall–Kier alpha value is -7.69. The summed E-state index contributed by atoms with van der Waals surface area (Å²) in [6.07, 6.45) is 5.73. The second-order valence-electron chi connectivity index (χ2n) is 17.1. The molecule has 9 aromatic rings. The highest BCUT2D eigenvalue weighted by Gasteiger charge is 2.46. The van der Waals surface area contributed by atoms with Gasteiger partial charge in [0.25, 0.3) is 0 Å². The van der Waals surface area contributed by atoms with Crippen molar-refractivity contribution >= 4 is 0 Å². The third-order valence-corrected chi connectivity index (χ3v) is 13.5. The SMILES string of the molecule is CC1CC=CC2Oc3cc(-c4cccc(C5(c6cccc(-c7nc(-c8ccccc8)nc(-c8ccc(-c9ccccc9)cc8)n7)c6)c6ccccc6-c6ccccc65)c4)ccc3C12. The average molecular weight is 810 g/mol. The lowest BCUT2D eigenvalue weighted by atomic mass is 9.67. The highest BCUT2D eigenvalue weighted by atomic mass is 16.5. The predicted octanol–water partition coefficient (Wildman–Crippen LogP) is 14.0. The van der Waals surface area contributed by atoms with Gasteiger partial charge < -0.3 is 4.74 Å². The Balaban J connectivity index is 1.02. The number of aromatic nitrogens is 3. The van der Waals surface area contributed by atoms with Crippen molar-refractivity contribution < 1.29 is 4.74 Å². The van der Waals surface area contributed by atoms with Gasteiger partial charge in [-0.15, -0.1) is 0 Å². The molecule has 0 radical (unpaired) electrons. The van der Waals surface area contributed by atoms with Gasteiger partial charge in [-0.1, -0.05) is 195 Å². The lowest BCUT2D eigenvalue weighted by molar-refractivity contribution is 0.217. The van der Waals surface area contributed by atoms with Gasteiger partial charge in [-0.3, -0.25) is 0 Å². The molecule has 63 heavy (non-hydrogen) atoms. The van der Waals surface area contributed by atoms with Crippen molar-refractivity contribution in [3.8, 4) is 73.3 Å². The highest BCUT2D eigenvalue weighted by molar-refractivity contribution is 5.87. The van der Waals surface area contributed by atoms with Gasteiger partial charge in [0.2, 0.25) is 0 Å². The molecule has 3 aliphatic rings. The van der Waals surface area contributed by atoms with E-state index in [1.807, 2.05) is 24.3 Å². The molecule has 1 aromatic heterocycles. The average Bonchev–Trinajstić information content (AvgIpc) is 3.89. The zero-order chi connectivity index (χ0) is 41.9. The predicted molar refractivity (Wildman–Crippen MR) is 254 cm³/mol. The summed E-state index contributed by atoms with van der Waals surface area (Å²) in [6, 6.07) is 71.8. The summed E-state index contributed by atoms with van der Waals surface area (Å²) in [5.41, 5.74) is 15.4. The Morgan fingerprint density at radius 2 is 0.921 bits per heavy atom. The summed E-state index contributed by atoms with van der Waals surface area (Å²) >= 11 is 0. The fraction of sp³-hybridized carbons (Fsp3) is 0.102. The molecule has 0 saturated carbocycles. The normalized spacial score (nSPS) is 17.6. The Kier molecular flexibility index (Phi) is 8.86. The maximum Gasteiger partial charge on any atom is 0.164 e. The summed E-state index contributed by atoms with van der Waals surface area (Å²) in [5.74, 6) is 3.84. The molecule has 3 unspecified atom stereocenters. The quantitative estimate of drug-likeness (QED) is 0.150. The number of rotatable bonds is 7. The third kappa shape index (κ3) is 6.16. The number of hydrogen-bond acceptors (Lipinski definition) is 4. The molecule has 4 nitrogen and oxygen atoms in total. The van der Waals surface area contributed by atoms with E-state index in [0.29, 0.717) is 29.3 Å². The molecule has 0 N–H and O–H groups in total. The van der Waals surface area contributed by atoms with Crippen LogP contribution in [0, 0.1) is 5.92 Å². The van der Waals surface area contributed by atoms with E-state index in [9.17, 15) is 0 Å². The molecular formula is C59H43N3O. The van der Waals surface area contributed by atoms with Crippen molar-refractivity contribution in [2.75, 3.05) is 0 Å². The first kappa shape index (κ1) is 37.1. The van der Waals surface area contributed by atoms with Crippen molar-refractivity contribution in [1.29, 1.82) is 0 Å². The van der Waals surface area contributed by atoms with Crippen LogP contribution in [0.5, 0.6) is 5.75 Å². The van der Waals surface area contributed by atoms with Crippen LogP contribution in [-0.4, -0.2) is 21.1 Å². The lowest BCUT2D eigenvalue weighted by Crippen LogP contribution is -2.28. The van der Waals surface area contributed by atoms with Crippen LogP contribution < -0.4 is 4.74 Å². The molecule has 12 rings (SSSR count). The minimum atomic E-state index is -0.632. The Morgan fingerprint density at radius 3 is 1.59 bits per heavy atom. The number of ether oxygens (including phenoxy) is 1. The summed E-state index contributed by atoms with van der Waals surface area (Å²) in [4.78, 5) is 15.5. The van der Waals surface area contributed by atoms with Crippen molar-refractivity contribution in [2.24, 2.45) is 5.92 Å². The molecule has 4 heteroatoms. The summed E-state index contributed by atoms with van der Waals surface area (Å²) in [5, 5.41) is 0. The summed E-state index contributed by atoms with van der Waals surface area (Å²) < 4.78 is 6.60. The van der Waals surface area contributed by atoms with Crippen molar-refractivity contribution in [2.45, 2.75) is 30.8 Å². The second kappa shape index (κ2) is 15.0. The molecule has 0 saturated heterocycles. The van der Waals surface area contributed by atoms with Crippen LogP contribution in [0.2, 0.25) is 0 Å². The minimum Gasteiger partial charge on any atom is -0.485 e. The Labute approximate surface area is 368 Å². The molecule has 1 aliphatic heterocycles. The van der Waals surface area contributed by atoms with Crippen LogP contribution >= 0.6 is 0 Å². The first-order valence-electron chi connectivity index (χ1n) is 22.0. The topological polar surface area (TPSA) is 47.9 Å². The number of hydrogen-bond donors (Lipinski definition) is 0. The number of fused-ring (bicyclic) bond motifs is 6. The van der Waals surface area contributed by atoms with Gasteiger partial charge in [-0.05, 0) is 92.2 Å². The van der Waals surface area contributed by atoms with Gasteiger partial charge in [-0.2, -0.15) is 0 Å². The van der Waals surface area contributed by atoms with Crippen LogP contribution in [0.25, 0.3) is 67.5 Å². The van der Waals surface area contributed by atoms with Gasteiger partial charge >= 0.3 is 0 Å². The second-order valence-corrected chi connectivity index (χ2v) is 17.1. The first-order chi connectivity index (χ1) is 31.1. The summed E-state index contributed by atoms with van der Waals surface area (Å²) in [7, 11) is 0. The number of nitrogens with zero attached hydrogens (tertiary/aromatic N) is 3. The molecule has 2 heterocycles. The van der Waals surface area contributed by atoms with Crippen LogP contribution in [-0.2, 0) is 5.41 Å². The first-order valence-corrected chi connectivity index (χ1v) is 22.0. The zero-order valence-electron chi connectivity index (χ0n) is 34.9. The largest absolute Gasteiger partial charge is 0.485 e. The third-order valence-electron chi connectivity index (χ3n) is 13.5.